The molecule has 0 saturated carbocycles. The van der Waals surface area contributed by atoms with Gasteiger partial charge in [-0.1, -0.05) is 11.6 Å². The Bertz CT molecular complexity index is 4880. The molecule has 9 atom stereocenters. The van der Waals surface area contributed by atoms with Crippen LogP contribution in [0.3, 0.4) is 0 Å². The largest absolute Gasteiger partial charge is 0.447 e. The number of rotatable bonds is 15. The summed E-state index contributed by atoms with van der Waals surface area (Å²) in [5.41, 5.74) is 6.19. The van der Waals surface area contributed by atoms with Crippen LogP contribution in [0, 0.1) is 5.82 Å². The number of benzene rings is 3. The zero-order chi connectivity index (χ0) is 76.5. The summed E-state index contributed by atoms with van der Waals surface area (Å²) >= 11 is 6.16. The molecule has 38 heteroatoms. The third kappa shape index (κ3) is 15.0. The van der Waals surface area contributed by atoms with E-state index in [9.17, 15) is 71.5 Å². The van der Waals surface area contributed by atoms with Crippen LogP contribution in [0.4, 0.5) is 107 Å². The number of amides is 3. The number of carbonyl (C=O) groups excluding carboxylic acids is 3. The van der Waals surface area contributed by atoms with E-state index in [0.717, 1.165) is 57.3 Å². The summed E-state index contributed by atoms with van der Waals surface area (Å²) in [7, 11) is 0. The molecule has 6 aliphatic heterocycles. The maximum atomic E-state index is 14.5. The van der Waals surface area contributed by atoms with E-state index in [-0.39, 0.29) is 60.5 Å². The van der Waals surface area contributed by atoms with Gasteiger partial charge in [0.15, 0.2) is 11.6 Å². The summed E-state index contributed by atoms with van der Waals surface area (Å²) in [5.74, 6) is -0.701. The summed E-state index contributed by atoms with van der Waals surface area (Å²) in [6.07, 6.45) is -9.85. The lowest BCUT2D eigenvalue weighted by Crippen LogP contribution is -2.40. The topological polar surface area (TPSA) is 256 Å². The number of nitrogens with one attached hydrogen (secondary N) is 3. The highest BCUT2D eigenvalue weighted by Gasteiger charge is 2.44. The molecule has 3 N–H and O–H groups in total. The number of anilines is 6. The number of hydrogen-bond acceptors (Lipinski definition) is 18. The summed E-state index contributed by atoms with van der Waals surface area (Å²) in [4.78, 5) is 78.1. The Labute approximate surface area is 604 Å². The number of cyclic esters (lactones) is 3. The van der Waals surface area contributed by atoms with Gasteiger partial charge < -0.3 is 43.9 Å². The van der Waals surface area contributed by atoms with Crippen molar-refractivity contribution in [1.82, 2.24) is 58.6 Å². The third-order valence-electron chi connectivity index (χ3n) is 18.9. The van der Waals surface area contributed by atoms with Gasteiger partial charge in [0.2, 0.25) is 17.8 Å². The van der Waals surface area contributed by atoms with Crippen molar-refractivity contribution >= 4 is 65.2 Å². The first-order valence-electron chi connectivity index (χ1n) is 33.5. The van der Waals surface area contributed by atoms with Crippen molar-refractivity contribution in [3.05, 3.63) is 177 Å². The van der Waals surface area contributed by atoms with E-state index in [2.05, 4.69) is 60.8 Å². The fourth-order valence-corrected chi connectivity index (χ4v) is 13.8. The molecule has 0 aliphatic carbocycles. The number of imidazole rings is 3. The molecule has 564 valence electrons. The minimum atomic E-state index is -4.42. The minimum Gasteiger partial charge on any atom is -0.447 e. The smallest absolute Gasteiger partial charge is 0.416 e. The van der Waals surface area contributed by atoms with E-state index in [1.54, 1.807) is 39.6 Å². The summed E-state index contributed by atoms with van der Waals surface area (Å²) in [6.45, 7) is 8.98. The molecule has 6 aromatic heterocycles. The second kappa shape index (κ2) is 29.1. The van der Waals surface area contributed by atoms with E-state index in [1.165, 1.54) is 74.3 Å². The monoisotopic (exact) mass is 1520 g/mol. The van der Waals surface area contributed by atoms with Crippen molar-refractivity contribution in [1.29, 1.82) is 0 Å². The number of nitrogens with zero attached hydrogens (tertiary/aromatic N) is 15. The predicted molar refractivity (Wildman–Crippen MR) is 360 cm³/mol. The van der Waals surface area contributed by atoms with Crippen LogP contribution in [-0.4, -0.2) is 133 Å². The molecule has 12 heterocycles. The van der Waals surface area contributed by atoms with Gasteiger partial charge in [0.05, 0.1) is 77.1 Å². The van der Waals surface area contributed by atoms with Gasteiger partial charge in [-0.2, -0.15) is 54.5 Å². The normalized spacial score (nSPS) is 19.0. The van der Waals surface area contributed by atoms with E-state index < -0.39 is 114 Å². The lowest BCUT2D eigenvalue weighted by atomic mass is 9.97. The molecule has 3 saturated heterocycles. The number of aromatic nitrogens is 12. The summed E-state index contributed by atoms with van der Waals surface area (Å²) in [5, 5.41) is 9.31. The number of carbonyl (C=O) groups is 3. The molecule has 3 aromatic carbocycles. The molecule has 15 rings (SSSR count). The van der Waals surface area contributed by atoms with E-state index in [4.69, 9.17) is 25.8 Å². The van der Waals surface area contributed by atoms with E-state index in [0.29, 0.717) is 89.4 Å². The van der Waals surface area contributed by atoms with Gasteiger partial charge in [-0.3, -0.25) is 9.80 Å². The molecular weight excluding hydrogens is 1460 g/mol. The highest BCUT2D eigenvalue weighted by Crippen LogP contribution is 2.41. The van der Waals surface area contributed by atoms with Gasteiger partial charge in [0.25, 0.3) is 0 Å². The van der Waals surface area contributed by atoms with Gasteiger partial charge >= 0.3 is 36.8 Å². The van der Waals surface area contributed by atoms with Crippen LogP contribution in [-0.2, 0) is 71.3 Å². The maximum Gasteiger partial charge on any atom is 0.416 e. The van der Waals surface area contributed by atoms with Gasteiger partial charge in [-0.15, -0.1) is 0 Å². The first kappa shape index (κ1) is 74.4. The Morgan fingerprint density at radius 3 is 1.21 bits per heavy atom. The molecule has 9 aromatic rings. The highest BCUT2D eigenvalue weighted by molar-refractivity contribution is 6.29. The quantitative estimate of drug-likeness (QED) is 0.0490. The second-order valence-electron chi connectivity index (χ2n) is 26.0. The van der Waals surface area contributed by atoms with Crippen LogP contribution >= 0.6 is 11.6 Å². The molecule has 107 heavy (non-hydrogen) atoms. The van der Waals surface area contributed by atoms with Crippen LogP contribution < -0.4 is 30.7 Å². The number of hydrogen-bond donors (Lipinski definition) is 3. The summed E-state index contributed by atoms with van der Waals surface area (Å²) in [6, 6.07) is 10.0. The van der Waals surface area contributed by atoms with Crippen molar-refractivity contribution in [3.63, 3.8) is 0 Å². The first-order valence-corrected chi connectivity index (χ1v) is 33.9. The van der Waals surface area contributed by atoms with Crippen LogP contribution in [0.25, 0.3) is 17.1 Å². The molecule has 3 fully saturated rings. The van der Waals surface area contributed by atoms with Crippen LogP contribution in [0.2, 0.25) is 5.15 Å². The molecule has 3 amide bonds. The predicted octanol–water partition coefficient (Wildman–Crippen LogP) is 14.7. The molecule has 0 radical (unpaired) electrons. The van der Waals surface area contributed by atoms with Gasteiger partial charge in [0, 0.05) is 46.4 Å². The molecule has 0 unspecified atom stereocenters. The fraction of sp³-hybridized carbons (Fsp3) is 0.391. The lowest BCUT2D eigenvalue weighted by molar-refractivity contribution is -0.138. The molecular formula is C69H64ClF13N18O6. The van der Waals surface area contributed by atoms with Crippen LogP contribution in [0.5, 0.6) is 0 Å². The Hall–Kier alpha value is -10.9. The zero-order valence-corrected chi connectivity index (χ0v) is 58.0. The third-order valence-corrected chi connectivity index (χ3v) is 19.1. The van der Waals surface area contributed by atoms with Crippen LogP contribution in [0.15, 0.2) is 98.1 Å². The number of alkyl halides is 12. The number of halogens is 14. The molecule has 0 spiro atoms. The van der Waals surface area contributed by atoms with Gasteiger partial charge in [-0.25, -0.2) is 66.7 Å². The maximum absolute atomic E-state index is 14.5. The standard InChI is InChI=1S/C23H21ClF4N6O2.C23H21F5N6O2.C23H22F4N6O2/c1-11(25)17-9-36-22(35)34(17)19-8-18(24)31-21(32-19)30-12(2)20-16-5-3-13-7-14(23(26,27)28)4-6-15(13)33(16)10-29-20;1-11(24)18-9-36-22(35)34(18)20-15(25)8-29-21(32-20)31-12(2)19-17-5-3-13-7-14(23(26,27)28)4-6-16(13)33(17)10-30-19;1-12(24)18-10-35-22(34)33(18)19-7-8-28-21(31-19)30-13(2)20-17-5-3-14-9-15(23(25,26)27)4-6-16(14)32(17)11-29-20/h4,6-8,10-12,17H,3,5,9H2,1-2H3,(H,30,31,32);4,6-8,10-12,18H,3,5,9H2,1-2H3,(H,29,31,32);4,6-9,11-13,18H,3,5,10H2,1-2H3,(H,28,30,31)/t11-,12-,17+;11-,12-,18+;12-,13-,18+/m000/s1. The van der Waals surface area contributed by atoms with Crippen molar-refractivity contribution in [2.24, 2.45) is 0 Å². The van der Waals surface area contributed by atoms with Crippen molar-refractivity contribution in [2.75, 3.05) is 50.5 Å². The van der Waals surface area contributed by atoms with E-state index >= 15 is 0 Å². The molecule has 6 aliphatic rings. The van der Waals surface area contributed by atoms with Crippen molar-refractivity contribution in [2.45, 2.75) is 153 Å². The van der Waals surface area contributed by atoms with Crippen molar-refractivity contribution < 1.29 is 85.7 Å². The Balaban J connectivity index is 0.000000142. The Morgan fingerprint density at radius 2 is 0.813 bits per heavy atom. The Morgan fingerprint density at radius 1 is 0.449 bits per heavy atom. The van der Waals surface area contributed by atoms with Crippen molar-refractivity contribution in [3.8, 4) is 17.1 Å². The van der Waals surface area contributed by atoms with Gasteiger partial charge in [0.1, 0.15) is 73.3 Å². The van der Waals surface area contributed by atoms with E-state index in [1.807, 2.05) is 13.8 Å². The SMILES string of the molecule is C[C@H](Nc1nc(Cl)cc(N2C(=O)OC[C@@H]2[C@H](C)F)n1)c1ncn2c1CCc1cc(C(F)(F)F)ccc1-2.C[C@H](Nc1ncc(F)c(N2C(=O)OC[C@@H]2[C@H](C)F)n1)c1ncn2c1CCc1cc(C(F)(F)F)ccc1-2.C[C@H](Nc1nccc(N2C(=O)OC[C@@H]2[C@H](C)F)n1)c1ncn2c1CCc1cc(C(F)(F)F)ccc1-2. The average molecular weight is 1520 g/mol. The zero-order valence-electron chi connectivity index (χ0n) is 57.2. The summed E-state index contributed by atoms with van der Waals surface area (Å²) < 4.78 is 195. The number of fused-ring (bicyclic) bond motifs is 9. The fourth-order valence-electron chi connectivity index (χ4n) is 13.6. The Kier molecular flexibility index (Phi) is 20.2. The minimum absolute atomic E-state index is 0.0170. The average Bonchev–Trinajstić information content (AvgIpc) is 1.69. The first-order chi connectivity index (χ1) is 50.7. The number of aryl methyl sites for hydroxylation is 3. The van der Waals surface area contributed by atoms with Crippen LogP contribution in [0.1, 0.15) is 127 Å². The lowest BCUT2D eigenvalue weighted by Gasteiger charge is -2.23. The number of ether oxygens (including phenoxy) is 3. The second-order valence-corrected chi connectivity index (χ2v) is 26.4. The highest BCUT2D eigenvalue weighted by atomic mass is 35.5. The molecule has 0 bridgehead atoms. The molecule has 24 nitrogen and oxygen atoms in total. The van der Waals surface area contributed by atoms with Gasteiger partial charge in [-0.05, 0) is 157 Å².